The molecule has 1 amide bonds. The molecule has 1 aliphatic rings. The van der Waals surface area contributed by atoms with E-state index in [0.29, 0.717) is 55.4 Å². The molecule has 0 aliphatic carbocycles. The van der Waals surface area contributed by atoms with Gasteiger partial charge in [0.05, 0.1) is 26.9 Å². The number of nitrogens with zero attached hydrogens (tertiary/aromatic N) is 1. The Labute approximate surface area is 153 Å². The number of hydrogen-bond acceptors (Lipinski definition) is 7. The maximum atomic E-state index is 12.8. The minimum atomic E-state index is -0.736. The summed E-state index contributed by atoms with van der Waals surface area (Å²) in [6.07, 6.45) is 0.503. The number of nitrogens with two attached hydrogens (primary N) is 1. The number of benzene rings is 1. The number of rotatable bonds is 8. The quantitative estimate of drug-likeness (QED) is 0.563. The Morgan fingerprint density at radius 1 is 1.31 bits per heavy atom. The molecule has 0 bridgehead atoms. The Balaban J connectivity index is 2.22. The van der Waals surface area contributed by atoms with Crippen LogP contribution >= 0.6 is 0 Å². The maximum absolute atomic E-state index is 12.8. The summed E-state index contributed by atoms with van der Waals surface area (Å²) in [5, 5.41) is 19.3. The topological polar surface area (TPSA) is 114 Å². The van der Waals surface area contributed by atoms with Gasteiger partial charge < -0.3 is 35.1 Å². The van der Waals surface area contributed by atoms with Gasteiger partial charge in [-0.2, -0.15) is 0 Å². The SMILES string of the molecule is COc1cc(C(=O)N2CC[C@H](CO)[C@@H](O)C2)cc(OC)c1OCCCN. The Bertz CT molecular complexity index is 584. The van der Waals surface area contributed by atoms with E-state index in [4.69, 9.17) is 19.9 Å². The van der Waals surface area contributed by atoms with E-state index in [-0.39, 0.29) is 25.0 Å². The number of hydrogen-bond donors (Lipinski definition) is 3. The Morgan fingerprint density at radius 2 is 1.96 bits per heavy atom. The van der Waals surface area contributed by atoms with Crippen molar-refractivity contribution in [3.8, 4) is 17.2 Å². The molecule has 1 fully saturated rings. The summed E-state index contributed by atoms with van der Waals surface area (Å²) in [5.74, 6) is 0.803. The van der Waals surface area contributed by atoms with Crippen molar-refractivity contribution in [2.75, 3.05) is 47.1 Å². The average molecular weight is 368 g/mol. The summed E-state index contributed by atoms with van der Waals surface area (Å²) >= 11 is 0. The molecule has 0 spiro atoms. The van der Waals surface area contributed by atoms with Crippen molar-refractivity contribution in [2.24, 2.45) is 11.7 Å². The maximum Gasteiger partial charge on any atom is 0.254 e. The van der Waals surface area contributed by atoms with Gasteiger partial charge in [0.25, 0.3) is 5.91 Å². The van der Waals surface area contributed by atoms with Crippen molar-refractivity contribution in [3.05, 3.63) is 17.7 Å². The normalized spacial score (nSPS) is 20.0. The third kappa shape index (κ3) is 4.57. The van der Waals surface area contributed by atoms with Crippen LogP contribution in [-0.2, 0) is 0 Å². The highest BCUT2D eigenvalue weighted by atomic mass is 16.5. The Hall–Kier alpha value is -2.03. The number of piperidine rings is 1. The number of β-amino-alcohol motifs (C(OH)–C–C–N with tert-alkyl or cyclic N) is 1. The number of methoxy groups -OCH3 is 2. The molecule has 26 heavy (non-hydrogen) atoms. The molecule has 0 saturated carbocycles. The molecule has 2 rings (SSSR count). The highest BCUT2D eigenvalue weighted by Gasteiger charge is 2.31. The zero-order chi connectivity index (χ0) is 19.1. The first-order chi connectivity index (χ1) is 12.5. The minimum Gasteiger partial charge on any atom is -0.493 e. The average Bonchev–Trinajstić information content (AvgIpc) is 2.67. The molecular weight excluding hydrogens is 340 g/mol. The first kappa shape index (κ1) is 20.3. The van der Waals surface area contributed by atoms with E-state index in [1.807, 2.05) is 0 Å². The lowest BCUT2D eigenvalue weighted by molar-refractivity contribution is 0.000856. The van der Waals surface area contributed by atoms with Gasteiger partial charge in [0.15, 0.2) is 11.5 Å². The lowest BCUT2D eigenvalue weighted by Gasteiger charge is -2.35. The number of amides is 1. The van der Waals surface area contributed by atoms with Crippen molar-refractivity contribution in [3.63, 3.8) is 0 Å². The van der Waals surface area contributed by atoms with E-state index >= 15 is 0 Å². The predicted molar refractivity (Wildman–Crippen MR) is 95.8 cm³/mol. The fourth-order valence-corrected chi connectivity index (χ4v) is 2.96. The van der Waals surface area contributed by atoms with Gasteiger partial charge in [-0.15, -0.1) is 0 Å². The summed E-state index contributed by atoms with van der Waals surface area (Å²) in [6.45, 7) is 1.49. The van der Waals surface area contributed by atoms with E-state index < -0.39 is 6.10 Å². The molecule has 1 saturated heterocycles. The molecule has 2 atom stereocenters. The smallest absolute Gasteiger partial charge is 0.254 e. The lowest BCUT2D eigenvalue weighted by atomic mass is 9.94. The fraction of sp³-hybridized carbons (Fsp3) is 0.611. The first-order valence-electron chi connectivity index (χ1n) is 8.72. The molecule has 1 aromatic rings. The molecule has 8 heteroatoms. The van der Waals surface area contributed by atoms with Crippen LogP contribution in [0.2, 0.25) is 0 Å². The van der Waals surface area contributed by atoms with E-state index in [2.05, 4.69) is 0 Å². The van der Waals surface area contributed by atoms with Crippen molar-refractivity contribution in [1.29, 1.82) is 0 Å². The Morgan fingerprint density at radius 3 is 2.46 bits per heavy atom. The van der Waals surface area contributed by atoms with Crippen LogP contribution in [0.4, 0.5) is 0 Å². The molecular formula is C18H28N2O6. The number of likely N-dealkylation sites (tertiary alicyclic amines) is 1. The van der Waals surface area contributed by atoms with Gasteiger partial charge in [-0.3, -0.25) is 4.79 Å². The lowest BCUT2D eigenvalue weighted by Crippen LogP contribution is -2.47. The highest BCUT2D eigenvalue weighted by Crippen LogP contribution is 2.39. The summed E-state index contributed by atoms with van der Waals surface area (Å²) in [4.78, 5) is 14.4. The van der Waals surface area contributed by atoms with Gasteiger partial charge in [-0.05, 0) is 31.5 Å². The number of aliphatic hydroxyl groups is 2. The third-order valence-corrected chi connectivity index (χ3v) is 4.55. The van der Waals surface area contributed by atoms with Crippen LogP contribution in [0, 0.1) is 5.92 Å². The molecule has 8 nitrogen and oxygen atoms in total. The summed E-state index contributed by atoms with van der Waals surface area (Å²) < 4.78 is 16.4. The van der Waals surface area contributed by atoms with Crippen LogP contribution in [0.15, 0.2) is 12.1 Å². The first-order valence-corrected chi connectivity index (χ1v) is 8.72. The second kappa shape index (κ2) is 9.61. The molecule has 0 unspecified atom stereocenters. The molecule has 4 N–H and O–H groups in total. The van der Waals surface area contributed by atoms with Crippen LogP contribution in [0.3, 0.4) is 0 Å². The number of ether oxygens (including phenoxy) is 3. The van der Waals surface area contributed by atoms with Crippen molar-refractivity contribution >= 4 is 5.91 Å². The zero-order valence-electron chi connectivity index (χ0n) is 15.3. The van der Waals surface area contributed by atoms with Gasteiger partial charge in [-0.1, -0.05) is 0 Å². The molecule has 0 aromatic heterocycles. The predicted octanol–water partition coefficient (Wildman–Crippen LogP) is 0.247. The van der Waals surface area contributed by atoms with Gasteiger partial charge in [0.1, 0.15) is 0 Å². The molecule has 146 valence electrons. The van der Waals surface area contributed by atoms with Crippen LogP contribution < -0.4 is 19.9 Å². The second-order valence-electron chi connectivity index (χ2n) is 6.25. The largest absolute Gasteiger partial charge is 0.493 e. The zero-order valence-corrected chi connectivity index (χ0v) is 15.3. The molecule has 1 heterocycles. The monoisotopic (exact) mass is 368 g/mol. The number of carbonyl (C=O) groups excluding carboxylic acids is 1. The fourth-order valence-electron chi connectivity index (χ4n) is 2.96. The van der Waals surface area contributed by atoms with E-state index in [1.54, 1.807) is 17.0 Å². The molecule has 0 radical (unpaired) electrons. The number of carbonyl (C=O) groups is 1. The van der Waals surface area contributed by atoms with E-state index in [1.165, 1.54) is 14.2 Å². The number of aliphatic hydroxyl groups excluding tert-OH is 2. The highest BCUT2D eigenvalue weighted by molar-refractivity contribution is 5.95. The van der Waals surface area contributed by atoms with Crippen LogP contribution in [-0.4, -0.2) is 74.2 Å². The minimum absolute atomic E-state index is 0.0837. The van der Waals surface area contributed by atoms with Gasteiger partial charge in [0.2, 0.25) is 5.75 Å². The standard InChI is InChI=1S/C18H28N2O6/c1-24-15-8-13(9-16(25-2)17(15)26-7-3-5-19)18(23)20-6-4-12(11-21)14(22)10-20/h8-9,12,14,21-22H,3-7,10-11,19H2,1-2H3/t12-,14+/m1/s1. The van der Waals surface area contributed by atoms with E-state index in [0.717, 1.165) is 0 Å². The summed E-state index contributed by atoms with van der Waals surface area (Å²) in [6, 6.07) is 3.21. The second-order valence-corrected chi connectivity index (χ2v) is 6.25. The van der Waals surface area contributed by atoms with Gasteiger partial charge >= 0.3 is 0 Å². The molecule has 1 aliphatic heterocycles. The Kier molecular flexibility index (Phi) is 7.50. The third-order valence-electron chi connectivity index (χ3n) is 4.55. The summed E-state index contributed by atoms with van der Waals surface area (Å²) in [5.41, 5.74) is 5.87. The van der Waals surface area contributed by atoms with Crippen LogP contribution in [0.1, 0.15) is 23.2 Å². The van der Waals surface area contributed by atoms with Gasteiger partial charge in [-0.25, -0.2) is 0 Å². The van der Waals surface area contributed by atoms with Crippen molar-refractivity contribution in [2.45, 2.75) is 18.9 Å². The summed E-state index contributed by atoms with van der Waals surface area (Å²) in [7, 11) is 2.99. The van der Waals surface area contributed by atoms with Crippen LogP contribution in [0.5, 0.6) is 17.2 Å². The van der Waals surface area contributed by atoms with E-state index in [9.17, 15) is 15.0 Å². The van der Waals surface area contributed by atoms with Crippen molar-refractivity contribution in [1.82, 2.24) is 4.90 Å². The van der Waals surface area contributed by atoms with Crippen molar-refractivity contribution < 1.29 is 29.2 Å². The molecule has 1 aromatic carbocycles. The van der Waals surface area contributed by atoms with Crippen LogP contribution in [0.25, 0.3) is 0 Å². The van der Waals surface area contributed by atoms with Gasteiger partial charge in [0, 0.05) is 31.2 Å².